The van der Waals surface area contributed by atoms with Gasteiger partial charge in [0.25, 0.3) is 5.24 Å². The van der Waals surface area contributed by atoms with E-state index in [1.165, 1.54) is 4.90 Å². The van der Waals surface area contributed by atoms with Crippen molar-refractivity contribution in [1.82, 2.24) is 0 Å². The number of hydrogen-bond donors (Lipinski definition) is 1. The third kappa shape index (κ3) is 4.10. The molecule has 1 aliphatic rings. The maximum Gasteiger partial charge on any atom is 0.293 e. The second-order valence-corrected chi connectivity index (χ2v) is 7.80. The fourth-order valence-corrected chi connectivity index (χ4v) is 4.20. The Morgan fingerprint density at radius 1 is 1.14 bits per heavy atom. The summed E-state index contributed by atoms with van der Waals surface area (Å²) < 4.78 is 0. The van der Waals surface area contributed by atoms with Crippen molar-refractivity contribution in [2.75, 3.05) is 23.0 Å². The topological polar surface area (TPSA) is 77.9 Å². The maximum absolute atomic E-state index is 12.9. The molecule has 7 heteroatoms. The van der Waals surface area contributed by atoms with Crippen molar-refractivity contribution in [3.63, 3.8) is 0 Å². The fraction of sp³-hybridized carbons (Fsp3) is 0.286. The van der Waals surface area contributed by atoms with Crippen molar-refractivity contribution in [1.29, 1.82) is 0 Å². The summed E-state index contributed by atoms with van der Waals surface area (Å²) in [6, 6.07) is 14.5. The highest BCUT2D eigenvalue weighted by Crippen LogP contribution is 2.35. The quantitative estimate of drug-likeness (QED) is 0.808. The lowest BCUT2D eigenvalue weighted by Crippen LogP contribution is -2.38. The van der Waals surface area contributed by atoms with Gasteiger partial charge in [0.2, 0.25) is 11.8 Å². The van der Waals surface area contributed by atoms with Crippen LogP contribution in [-0.2, 0) is 9.59 Å². The molecule has 2 aromatic carbocycles. The molecule has 0 spiro atoms. The number of amides is 3. The molecule has 0 aromatic heterocycles. The molecule has 1 N–H and O–H groups in total. The Balaban J connectivity index is 1.78. The van der Waals surface area contributed by atoms with Crippen LogP contribution >= 0.6 is 11.8 Å². The number of nitrogens with zero attached hydrogens (tertiary/aromatic N) is 2. The summed E-state index contributed by atoms with van der Waals surface area (Å²) in [6.07, 6.45) is -0.106. The second-order valence-electron chi connectivity index (χ2n) is 6.64. The van der Waals surface area contributed by atoms with E-state index in [1.807, 2.05) is 32.0 Å². The Hall–Kier alpha value is -2.64. The van der Waals surface area contributed by atoms with Crippen molar-refractivity contribution < 1.29 is 19.5 Å². The van der Waals surface area contributed by atoms with E-state index in [0.717, 1.165) is 27.8 Å². The van der Waals surface area contributed by atoms with E-state index in [-0.39, 0.29) is 36.6 Å². The molecule has 146 valence electrons. The number of imide groups is 1. The van der Waals surface area contributed by atoms with Crippen molar-refractivity contribution in [2.24, 2.45) is 0 Å². The van der Waals surface area contributed by atoms with Crippen LogP contribution in [0.25, 0.3) is 0 Å². The summed E-state index contributed by atoms with van der Waals surface area (Å²) in [7, 11) is 0. The van der Waals surface area contributed by atoms with Crippen molar-refractivity contribution in [3.8, 4) is 0 Å². The Morgan fingerprint density at radius 3 is 2.50 bits per heavy atom. The number of carbonyl (C=O) groups is 3. The van der Waals surface area contributed by atoms with Gasteiger partial charge in [0.15, 0.2) is 0 Å². The van der Waals surface area contributed by atoms with E-state index < -0.39 is 5.25 Å². The number of aryl methyl sites for hydroxylation is 2. The van der Waals surface area contributed by atoms with Crippen LogP contribution in [0.4, 0.5) is 16.2 Å². The van der Waals surface area contributed by atoms with Gasteiger partial charge in [-0.05, 0) is 49.4 Å². The van der Waals surface area contributed by atoms with Crippen LogP contribution in [0.5, 0.6) is 0 Å². The minimum absolute atomic E-state index is 0.106. The van der Waals surface area contributed by atoms with E-state index in [2.05, 4.69) is 0 Å². The highest BCUT2D eigenvalue weighted by Gasteiger charge is 2.42. The number of carbonyl (C=O) groups excluding carboxylic acids is 3. The van der Waals surface area contributed by atoms with E-state index in [4.69, 9.17) is 0 Å². The summed E-state index contributed by atoms with van der Waals surface area (Å²) in [5.74, 6) is -0.686. The average Bonchev–Trinajstić information content (AvgIpc) is 2.94. The number of hydrogen-bond acceptors (Lipinski definition) is 5. The van der Waals surface area contributed by atoms with E-state index >= 15 is 0 Å². The first kappa shape index (κ1) is 20.1. The largest absolute Gasteiger partial charge is 0.395 e. The van der Waals surface area contributed by atoms with Crippen molar-refractivity contribution in [3.05, 3.63) is 59.7 Å². The van der Waals surface area contributed by atoms with Gasteiger partial charge < -0.3 is 10.0 Å². The highest BCUT2D eigenvalue weighted by molar-refractivity contribution is 8.15. The van der Waals surface area contributed by atoms with Crippen molar-refractivity contribution >= 4 is 40.2 Å². The molecule has 3 rings (SSSR count). The molecule has 0 saturated carbocycles. The smallest absolute Gasteiger partial charge is 0.293 e. The van der Waals surface area contributed by atoms with E-state index in [9.17, 15) is 19.5 Å². The summed E-state index contributed by atoms with van der Waals surface area (Å²) in [5.41, 5.74) is 3.08. The first-order valence-electron chi connectivity index (χ1n) is 9.00. The number of benzene rings is 2. The first-order chi connectivity index (χ1) is 13.4. The van der Waals surface area contributed by atoms with Crippen LogP contribution in [0.2, 0.25) is 0 Å². The molecule has 1 unspecified atom stereocenters. The number of aliphatic hydroxyl groups excluding tert-OH is 1. The first-order valence-corrected chi connectivity index (χ1v) is 9.88. The van der Waals surface area contributed by atoms with Crippen LogP contribution < -0.4 is 9.80 Å². The molecule has 1 atom stereocenters. The molecule has 0 radical (unpaired) electrons. The molecule has 2 aromatic rings. The Morgan fingerprint density at radius 2 is 1.86 bits per heavy atom. The predicted octanol–water partition coefficient (Wildman–Crippen LogP) is 3.29. The van der Waals surface area contributed by atoms with Gasteiger partial charge in [-0.2, -0.15) is 0 Å². The zero-order valence-corrected chi connectivity index (χ0v) is 16.6. The van der Waals surface area contributed by atoms with Gasteiger partial charge >= 0.3 is 0 Å². The van der Waals surface area contributed by atoms with Crippen LogP contribution in [0.1, 0.15) is 17.5 Å². The fourth-order valence-electron chi connectivity index (χ4n) is 3.24. The van der Waals surface area contributed by atoms with Gasteiger partial charge in [0.05, 0.1) is 12.3 Å². The monoisotopic (exact) mass is 398 g/mol. The third-order valence-electron chi connectivity index (χ3n) is 4.57. The lowest BCUT2D eigenvalue weighted by atomic mass is 10.1. The van der Waals surface area contributed by atoms with Crippen LogP contribution in [0, 0.1) is 13.8 Å². The predicted molar refractivity (Wildman–Crippen MR) is 111 cm³/mol. The van der Waals surface area contributed by atoms with Gasteiger partial charge in [0, 0.05) is 18.7 Å². The summed E-state index contributed by atoms with van der Waals surface area (Å²) >= 11 is 0.876. The highest BCUT2D eigenvalue weighted by atomic mass is 32.2. The Bertz CT molecular complexity index is 901. The molecule has 0 bridgehead atoms. The van der Waals surface area contributed by atoms with Crippen LogP contribution in [-0.4, -0.2) is 40.6 Å². The maximum atomic E-state index is 12.9. The van der Waals surface area contributed by atoms with Crippen molar-refractivity contribution in [2.45, 2.75) is 25.5 Å². The third-order valence-corrected chi connectivity index (χ3v) is 5.60. The molecule has 1 saturated heterocycles. The van der Waals surface area contributed by atoms with Gasteiger partial charge in [-0.15, -0.1) is 0 Å². The normalized spacial score (nSPS) is 16.5. The van der Waals surface area contributed by atoms with Gasteiger partial charge in [-0.25, -0.2) is 4.90 Å². The minimum atomic E-state index is -0.773. The number of aliphatic hydroxyl groups is 1. The number of para-hydroxylation sites is 1. The van der Waals surface area contributed by atoms with E-state index in [1.54, 1.807) is 30.3 Å². The van der Waals surface area contributed by atoms with E-state index in [0.29, 0.717) is 11.4 Å². The standard InChI is InChI=1S/C21H22N2O4S/c1-14-8-9-17(15(2)12-14)23-20(26)18(28-21(23)27)13-19(25)22(10-11-24)16-6-4-3-5-7-16/h3-9,12,18,24H,10-11,13H2,1-2H3. The second kappa shape index (κ2) is 8.58. The zero-order chi connectivity index (χ0) is 20.3. The molecule has 1 fully saturated rings. The lowest BCUT2D eigenvalue weighted by Gasteiger charge is -2.23. The Kier molecular flexibility index (Phi) is 6.16. The molecule has 1 heterocycles. The number of rotatable bonds is 6. The van der Waals surface area contributed by atoms with Gasteiger partial charge in [-0.1, -0.05) is 35.9 Å². The molecule has 3 amide bonds. The number of anilines is 2. The molecule has 0 aliphatic carbocycles. The lowest BCUT2D eigenvalue weighted by molar-refractivity contribution is -0.122. The SMILES string of the molecule is Cc1ccc(N2C(=O)SC(CC(=O)N(CCO)c3ccccc3)C2=O)c(C)c1. The van der Waals surface area contributed by atoms with Crippen LogP contribution in [0.15, 0.2) is 48.5 Å². The average molecular weight is 398 g/mol. The van der Waals surface area contributed by atoms with Gasteiger partial charge in [0.1, 0.15) is 5.25 Å². The summed E-state index contributed by atoms with van der Waals surface area (Å²) in [6.45, 7) is 3.73. The molecule has 1 aliphatic heterocycles. The molecule has 6 nitrogen and oxygen atoms in total. The summed E-state index contributed by atoms with van der Waals surface area (Å²) in [5, 5.41) is 8.17. The molecular formula is C21H22N2O4S. The Labute approximate surface area is 168 Å². The van der Waals surface area contributed by atoms with Crippen LogP contribution in [0.3, 0.4) is 0 Å². The molecule has 28 heavy (non-hydrogen) atoms. The summed E-state index contributed by atoms with van der Waals surface area (Å²) in [4.78, 5) is 40.8. The zero-order valence-electron chi connectivity index (χ0n) is 15.8. The number of thioether (sulfide) groups is 1. The molecular weight excluding hydrogens is 376 g/mol. The minimum Gasteiger partial charge on any atom is -0.395 e. The van der Waals surface area contributed by atoms with Gasteiger partial charge in [-0.3, -0.25) is 14.4 Å².